The van der Waals surface area contributed by atoms with Crippen LogP contribution in [0.3, 0.4) is 0 Å². The summed E-state index contributed by atoms with van der Waals surface area (Å²) in [5.74, 6) is 0.893. The number of hydrazone groups is 1. The first kappa shape index (κ1) is 14.1. The zero-order chi connectivity index (χ0) is 15.2. The lowest BCUT2D eigenvalue weighted by Gasteiger charge is -2.25. The lowest BCUT2D eigenvalue weighted by Crippen LogP contribution is -2.29. The second kappa shape index (κ2) is 6.76. The van der Waals surface area contributed by atoms with Gasteiger partial charge >= 0.3 is 0 Å². The first-order chi connectivity index (χ1) is 10.9. The smallest absolute Gasteiger partial charge is 0.243 e. The number of aromatic nitrogens is 1. The van der Waals surface area contributed by atoms with Gasteiger partial charge in [0.05, 0.1) is 5.69 Å². The average molecular weight is 295 g/mol. The van der Waals surface area contributed by atoms with Crippen LogP contribution in [0, 0.1) is 11.3 Å². The highest BCUT2D eigenvalue weighted by atomic mass is 16.4. The SMILES string of the molecule is N#Cc1nc(/C=N/Nc2ccccc2)oc1N1CCCCC1. The highest BCUT2D eigenvalue weighted by Gasteiger charge is 2.20. The summed E-state index contributed by atoms with van der Waals surface area (Å²) in [5.41, 5.74) is 4.09. The van der Waals surface area contributed by atoms with Crippen molar-refractivity contribution in [1.29, 1.82) is 5.26 Å². The molecule has 6 nitrogen and oxygen atoms in total. The van der Waals surface area contributed by atoms with Gasteiger partial charge in [0.25, 0.3) is 0 Å². The Morgan fingerprint density at radius 1 is 1.23 bits per heavy atom. The second-order valence-electron chi connectivity index (χ2n) is 5.10. The number of hydrogen-bond donors (Lipinski definition) is 1. The molecule has 6 heteroatoms. The summed E-state index contributed by atoms with van der Waals surface area (Å²) < 4.78 is 5.69. The molecular formula is C16H17N5O. The summed E-state index contributed by atoms with van der Waals surface area (Å²) in [7, 11) is 0. The largest absolute Gasteiger partial charge is 0.418 e. The van der Waals surface area contributed by atoms with Crippen molar-refractivity contribution in [2.45, 2.75) is 19.3 Å². The minimum Gasteiger partial charge on any atom is -0.418 e. The van der Waals surface area contributed by atoms with Gasteiger partial charge in [0, 0.05) is 13.1 Å². The molecule has 112 valence electrons. The molecule has 0 bridgehead atoms. The van der Waals surface area contributed by atoms with E-state index in [0.29, 0.717) is 17.5 Å². The van der Waals surface area contributed by atoms with Crippen LogP contribution in [-0.4, -0.2) is 24.3 Å². The van der Waals surface area contributed by atoms with Gasteiger partial charge in [0.2, 0.25) is 17.5 Å². The van der Waals surface area contributed by atoms with Gasteiger partial charge < -0.3 is 9.32 Å². The van der Waals surface area contributed by atoms with E-state index in [0.717, 1.165) is 31.6 Å². The standard InChI is InChI=1S/C16H17N5O/c17-11-14-16(21-9-5-2-6-10-21)22-15(19-14)12-18-20-13-7-3-1-4-8-13/h1,3-4,7-8,12,20H,2,5-6,9-10H2/b18-12+. The first-order valence-electron chi connectivity index (χ1n) is 7.37. The van der Waals surface area contributed by atoms with Crippen molar-refractivity contribution in [2.75, 3.05) is 23.4 Å². The van der Waals surface area contributed by atoms with Gasteiger partial charge in [0.15, 0.2) is 0 Å². The van der Waals surface area contributed by atoms with Gasteiger partial charge in [-0.15, -0.1) is 0 Å². The van der Waals surface area contributed by atoms with Crippen LogP contribution in [0.2, 0.25) is 0 Å². The third kappa shape index (κ3) is 3.26. The van der Waals surface area contributed by atoms with Crippen LogP contribution in [0.1, 0.15) is 30.8 Å². The predicted octanol–water partition coefficient (Wildman–Crippen LogP) is 2.98. The van der Waals surface area contributed by atoms with E-state index in [-0.39, 0.29) is 0 Å². The highest BCUT2D eigenvalue weighted by Crippen LogP contribution is 2.24. The maximum atomic E-state index is 9.21. The van der Waals surface area contributed by atoms with Crippen molar-refractivity contribution < 1.29 is 4.42 Å². The zero-order valence-corrected chi connectivity index (χ0v) is 12.2. The van der Waals surface area contributed by atoms with Gasteiger partial charge in [-0.2, -0.15) is 15.3 Å². The van der Waals surface area contributed by atoms with E-state index in [4.69, 9.17) is 4.42 Å². The Labute approximate surface area is 129 Å². The molecule has 1 N–H and O–H groups in total. The van der Waals surface area contributed by atoms with Crippen molar-refractivity contribution in [3.63, 3.8) is 0 Å². The van der Waals surface area contributed by atoms with Gasteiger partial charge in [-0.1, -0.05) is 18.2 Å². The molecule has 1 aromatic heterocycles. The third-order valence-corrected chi connectivity index (χ3v) is 3.52. The van der Waals surface area contributed by atoms with Crippen LogP contribution >= 0.6 is 0 Å². The van der Waals surface area contributed by atoms with E-state index in [9.17, 15) is 5.26 Å². The average Bonchev–Trinajstić information content (AvgIpc) is 3.00. The minimum absolute atomic E-state index is 0.322. The Morgan fingerprint density at radius 2 is 2.00 bits per heavy atom. The molecule has 0 unspecified atom stereocenters. The summed E-state index contributed by atoms with van der Waals surface area (Å²) in [6.07, 6.45) is 4.94. The summed E-state index contributed by atoms with van der Waals surface area (Å²) >= 11 is 0. The molecule has 1 fully saturated rings. The fourth-order valence-corrected chi connectivity index (χ4v) is 2.44. The van der Waals surface area contributed by atoms with Gasteiger partial charge in [-0.3, -0.25) is 5.43 Å². The van der Waals surface area contributed by atoms with E-state index in [2.05, 4.69) is 26.5 Å². The topological polar surface area (TPSA) is 77.5 Å². The van der Waals surface area contributed by atoms with Gasteiger partial charge in [0.1, 0.15) is 12.3 Å². The van der Waals surface area contributed by atoms with Crippen molar-refractivity contribution in [1.82, 2.24) is 4.98 Å². The number of nitrogens with one attached hydrogen (secondary N) is 1. The molecule has 0 spiro atoms. The first-order valence-corrected chi connectivity index (χ1v) is 7.37. The normalized spacial score (nSPS) is 15.0. The number of para-hydroxylation sites is 1. The van der Waals surface area contributed by atoms with E-state index in [1.54, 1.807) is 0 Å². The Hall–Kier alpha value is -2.81. The molecular weight excluding hydrogens is 278 g/mol. The number of rotatable bonds is 4. The molecule has 0 aliphatic carbocycles. The minimum atomic E-state index is 0.322. The maximum Gasteiger partial charge on any atom is 0.243 e. The molecule has 1 aliphatic rings. The fraction of sp³-hybridized carbons (Fsp3) is 0.312. The summed E-state index contributed by atoms with van der Waals surface area (Å²) in [6, 6.07) is 11.7. The predicted molar refractivity (Wildman–Crippen MR) is 84.9 cm³/mol. The van der Waals surface area contributed by atoms with E-state index < -0.39 is 0 Å². The molecule has 1 saturated heterocycles. The highest BCUT2D eigenvalue weighted by molar-refractivity contribution is 5.75. The van der Waals surface area contributed by atoms with Crippen LogP contribution in [-0.2, 0) is 0 Å². The molecule has 22 heavy (non-hydrogen) atoms. The van der Waals surface area contributed by atoms with E-state index >= 15 is 0 Å². The Kier molecular flexibility index (Phi) is 4.35. The van der Waals surface area contributed by atoms with Gasteiger partial charge in [-0.25, -0.2) is 0 Å². The third-order valence-electron chi connectivity index (χ3n) is 3.52. The second-order valence-corrected chi connectivity index (χ2v) is 5.10. The monoisotopic (exact) mass is 295 g/mol. The van der Waals surface area contributed by atoms with Crippen LogP contribution in [0.15, 0.2) is 39.9 Å². The molecule has 0 saturated carbocycles. The van der Waals surface area contributed by atoms with Crippen LogP contribution in [0.25, 0.3) is 0 Å². The molecule has 0 atom stereocenters. The molecule has 1 aromatic carbocycles. The molecule has 0 radical (unpaired) electrons. The van der Waals surface area contributed by atoms with Gasteiger partial charge in [-0.05, 0) is 31.4 Å². The maximum absolute atomic E-state index is 9.21. The quantitative estimate of drug-likeness (QED) is 0.693. The zero-order valence-electron chi connectivity index (χ0n) is 12.2. The lowest BCUT2D eigenvalue weighted by molar-refractivity contribution is 0.493. The van der Waals surface area contributed by atoms with E-state index in [1.165, 1.54) is 12.6 Å². The summed E-state index contributed by atoms with van der Waals surface area (Å²) in [6.45, 7) is 1.81. The number of nitriles is 1. The number of anilines is 2. The molecule has 3 rings (SSSR count). The molecule has 0 amide bonds. The van der Waals surface area contributed by atoms with Crippen molar-refractivity contribution in [3.05, 3.63) is 41.9 Å². The van der Waals surface area contributed by atoms with Crippen LogP contribution in [0.5, 0.6) is 0 Å². The van der Waals surface area contributed by atoms with Crippen molar-refractivity contribution in [3.8, 4) is 6.07 Å². The van der Waals surface area contributed by atoms with Crippen LogP contribution in [0.4, 0.5) is 11.6 Å². The Morgan fingerprint density at radius 3 is 2.73 bits per heavy atom. The lowest BCUT2D eigenvalue weighted by atomic mass is 10.1. The van der Waals surface area contributed by atoms with Crippen LogP contribution < -0.4 is 10.3 Å². The Bertz CT molecular complexity index is 680. The molecule has 2 heterocycles. The number of hydrogen-bond acceptors (Lipinski definition) is 6. The van der Waals surface area contributed by atoms with Crippen molar-refractivity contribution in [2.24, 2.45) is 5.10 Å². The van der Waals surface area contributed by atoms with E-state index in [1.807, 2.05) is 30.3 Å². The molecule has 1 aliphatic heterocycles. The number of oxazole rings is 1. The number of piperidine rings is 1. The summed E-state index contributed by atoms with van der Waals surface area (Å²) in [4.78, 5) is 6.26. The fourth-order valence-electron chi connectivity index (χ4n) is 2.44. The summed E-state index contributed by atoms with van der Waals surface area (Å²) in [5, 5.41) is 13.3. The molecule has 2 aromatic rings. The van der Waals surface area contributed by atoms with Crippen molar-refractivity contribution >= 4 is 17.8 Å². The Balaban J connectivity index is 1.72. The number of nitrogens with zero attached hydrogens (tertiary/aromatic N) is 4. The number of benzene rings is 1.